The lowest BCUT2D eigenvalue weighted by Crippen LogP contribution is -2.04. The average molecular weight is 255 g/mol. The van der Waals surface area contributed by atoms with Gasteiger partial charge in [-0.3, -0.25) is 0 Å². The van der Waals surface area contributed by atoms with Gasteiger partial charge in [-0.25, -0.2) is 9.97 Å². The molecule has 0 saturated heterocycles. The molecule has 0 radical (unpaired) electrons. The minimum absolute atomic E-state index is 0.664. The average Bonchev–Trinajstić information content (AvgIpc) is 2.43. The number of anilines is 1. The van der Waals surface area contributed by atoms with Crippen LogP contribution in [0.3, 0.4) is 0 Å². The van der Waals surface area contributed by atoms with Crippen molar-refractivity contribution in [2.24, 2.45) is 5.92 Å². The topological polar surface area (TPSA) is 37.8 Å². The predicted molar refractivity (Wildman–Crippen MR) is 82.3 cm³/mol. The first-order valence-electron chi connectivity index (χ1n) is 6.75. The number of fused-ring (bicyclic) bond motifs is 1. The Morgan fingerprint density at radius 3 is 2.74 bits per heavy atom. The summed E-state index contributed by atoms with van der Waals surface area (Å²) in [5, 5.41) is 4.22. The van der Waals surface area contributed by atoms with Crippen LogP contribution in [0, 0.1) is 5.92 Å². The number of hydrogen-bond donors (Lipinski definition) is 1. The first-order chi connectivity index (χ1) is 9.15. The molecule has 3 nitrogen and oxygen atoms in total. The van der Waals surface area contributed by atoms with Crippen LogP contribution in [0.25, 0.3) is 17.0 Å². The van der Waals surface area contributed by atoms with E-state index >= 15 is 0 Å². The third kappa shape index (κ3) is 2.92. The molecule has 3 heteroatoms. The number of aryl methyl sites for hydroxylation is 1. The van der Waals surface area contributed by atoms with Crippen molar-refractivity contribution in [1.82, 2.24) is 9.97 Å². The van der Waals surface area contributed by atoms with Crippen LogP contribution in [0.5, 0.6) is 0 Å². The first-order valence-corrected chi connectivity index (χ1v) is 6.75. The summed E-state index contributed by atoms with van der Waals surface area (Å²) >= 11 is 0. The van der Waals surface area contributed by atoms with Crippen LogP contribution in [0.4, 0.5) is 5.82 Å². The molecule has 0 saturated carbocycles. The standard InChI is InChI=1S/C16H21N3/c1-5-12-7-6-8-13-15(12)16(17-4)19-14(18-13)10-9-11(2)3/h5-8,11H,1,9-10H2,2-4H3,(H,17,18,19). The highest BCUT2D eigenvalue weighted by atomic mass is 15.0. The zero-order chi connectivity index (χ0) is 13.8. The maximum absolute atomic E-state index is 4.67. The molecular weight excluding hydrogens is 234 g/mol. The number of nitrogens with one attached hydrogen (secondary N) is 1. The zero-order valence-electron chi connectivity index (χ0n) is 11.9. The number of aromatic nitrogens is 2. The molecule has 1 aromatic heterocycles. The number of rotatable bonds is 5. The summed E-state index contributed by atoms with van der Waals surface area (Å²) in [4.78, 5) is 9.30. The Morgan fingerprint density at radius 2 is 2.11 bits per heavy atom. The van der Waals surface area contributed by atoms with Crippen molar-refractivity contribution in [3.63, 3.8) is 0 Å². The van der Waals surface area contributed by atoms with Gasteiger partial charge in [0.05, 0.1) is 5.52 Å². The lowest BCUT2D eigenvalue weighted by molar-refractivity contribution is 0.576. The van der Waals surface area contributed by atoms with E-state index in [0.29, 0.717) is 5.92 Å². The molecule has 0 atom stereocenters. The molecular formula is C16H21N3. The number of hydrogen-bond acceptors (Lipinski definition) is 3. The van der Waals surface area contributed by atoms with Gasteiger partial charge in [0.15, 0.2) is 0 Å². The van der Waals surface area contributed by atoms with Crippen LogP contribution >= 0.6 is 0 Å². The third-order valence-electron chi connectivity index (χ3n) is 3.20. The SMILES string of the molecule is C=Cc1cccc2nc(CCC(C)C)nc(NC)c12. The lowest BCUT2D eigenvalue weighted by Gasteiger charge is -2.11. The maximum Gasteiger partial charge on any atom is 0.137 e. The monoisotopic (exact) mass is 255 g/mol. The second kappa shape index (κ2) is 5.83. The Balaban J connectivity index is 2.51. The molecule has 0 fully saturated rings. The maximum atomic E-state index is 4.67. The van der Waals surface area contributed by atoms with E-state index in [1.165, 1.54) is 0 Å². The summed E-state index contributed by atoms with van der Waals surface area (Å²) in [5.74, 6) is 2.46. The van der Waals surface area contributed by atoms with Crippen molar-refractivity contribution >= 4 is 22.8 Å². The fourth-order valence-electron chi connectivity index (χ4n) is 2.14. The van der Waals surface area contributed by atoms with Crippen LogP contribution < -0.4 is 5.32 Å². The van der Waals surface area contributed by atoms with E-state index in [2.05, 4.69) is 35.7 Å². The summed E-state index contributed by atoms with van der Waals surface area (Å²) < 4.78 is 0. The van der Waals surface area contributed by atoms with Gasteiger partial charge in [0.25, 0.3) is 0 Å². The van der Waals surface area contributed by atoms with E-state index in [9.17, 15) is 0 Å². The van der Waals surface area contributed by atoms with Crippen molar-refractivity contribution < 1.29 is 0 Å². The molecule has 2 rings (SSSR count). The molecule has 0 spiro atoms. The second-order valence-electron chi connectivity index (χ2n) is 5.12. The van der Waals surface area contributed by atoms with E-state index in [4.69, 9.17) is 0 Å². The van der Waals surface area contributed by atoms with Crippen LogP contribution in [0.15, 0.2) is 24.8 Å². The lowest BCUT2D eigenvalue weighted by atomic mass is 10.1. The van der Waals surface area contributed by atoms with Crippen molar-refractivity contribution in [1.29, 1.82) is 0 Å². The fraction of sp³-hybridized carbons (Fsp3) is 0.375. The molecule has 0 amide bonds. The molecule has 0 aliphatic carbocycles. The van der Waals surface area contributed by atoms with Crippen LogP contribution in [-0.2, 0) is 6.42 Å². The van der Waals surface area contributed by atoms with Crippen LogP contribution in [0.2, 0.25) is 0 Å². The Kier molecular flexibility index (Phi) is 4.15. The Bertz CT molecular complexity index is 588. The smallest absolute Gasteiger partial charge is 0.137 e. The number of benzene rings is 1. The molecule has 2 aromatic rings. The van der Waals surface area contributed by atoms with E-state index < -0.39 is 0 Å². The van der Waals surface area contributed by atoms with Crippen LogP contribution in [0.1, 0.15) is 31.7 Å². The summed E-state index contributed by atoms with van der Waals surface area (Å²) in [7, 11) is 1.90. The molecule has 0 unspecified atom stereocenters. The highest BCUT2D eigenvalue weighted by Crippen LogP contribution is 2.25. The Hall–Kier alpha value is -1.90. The van der Waals surface area contributed by atoms with Crippen molar-refractivity contribution in [3.8, 4) is 0 Å². The normalized spacial score (nSPS) is 10.9. The molecule has 19 heavy (non-hydrogen) atoms. The zero-order valence-corrected chi connectivity index (χ0v) is 11.9. The highest BCUT2D eigenvalue weighted by Gasteiger charge is 2.09. The van der Waals surface area contributed by atoms with E-state index in [1.54, 1.807) is 0 Å². The highest BCUT2D eigenvalue weighted by molar-refractivity contribution is 5.96. The largest absolute Gasteiger partial charge is 0.373 e. The van der Waals surface area contributed by atoms with Gasteiger partial charge >= 0.3 is 0 Å². The van der Waals surface area contributed by atoms with E-state index in [1.807, 2.05) is 31.3 Å². The minimum atomic E-state index is 0.664. The van der Waals surface area contributed by atoms with Gasteiger partial charge in [0.1, 0.15) is 11.6 Å². The molecule has 0 bridgehead atoms. The second-order valence-corrected chi connectivity index (χ2v) is 5.12. The van der Waals surface area contributed by atoms with Gasteiger partial charge < -0.3 is 5.32 Å². The Morgan fingerprint density at radius 1 is 1.32 bits per heavy atom. The van der Waals surface area contributed by atoms with Crippen LogP contribution in [-0.4, -0.2) is 17.0 Å². The fourth-order valence-corrected chi connectivity index (χ4v) is 2.14. The van der Waals surface area contributed by atoms with Gasteiger partial charge in [0.2, 0.25) is 0 Å². The Labute approximate surface area is 114 Å². The molecule has 100 valence electrons. The molecule has 1 aromatic carbocycles. The van der Waals surface area contributed by atoms with Crippen molar-refractivity contribution in [3.05, 3.63) is 36.2 Å². The van der Waals surface area contributed by atoms with Gasteiger partial charge in [-0.1, -0.05) is 38.6 Å². The van der Waals surface area contributed by atoms with E-state index in [0.717, 1.165) is 41.0 Å². The van der Waals surface area contributed by atoms with E-state index in [-0.39, 0.29) is 0 Å². The summed E-state index contributed by atoms with van der Waals surface area (Å²) in [5.41, 5.74) is 2.05. The van der Waals surface area contributed by atoms with Gasteiger partial charge in [-0.15, -0.1) is 0 Å². The van der Waals surface area contributed by atoms with Crippen molar-refractivity contribution in [2.75, 3.05) is 12.4 Å². The summed E-state index contributed by atoms with van der Waals surface area (Å²) in [6.45, 7) is 8.29. The molecule has 0 aliphatic rings. The van der Waals surface area contributed by atoms with Gasteiger partial charge in [-0.05, 0) is 24.0 Å². The third-order valence-corrected chi connectivity index (χ3v) is 3.20. The van der Waals surface area contributed by atoms with Gasteiger partial charge in [-0.2, -0.15) is 0 Å². The van der Waals surface area contributed by atoms with Gasteiger partial charge in [0, 0.05) is 18.9 Å². The minimum Gasteiger partial charge on any atom is -0.373 e. The quantitative estimate of drug-likeness (QED) is 0.880. The molecule has 1 N–H and O–H groups in total. The summed E-state index contributed by atoms with van der Waals surface area (Å²) in [6, 6.07) is 6.08. The molecule has 1 heterocycles. The predicted octanol–water partition coefficient (Wildman–Crippen LogP) is 3.90. The van der Waals surface area contributed by atoms with Crippen molar-refractivity contribution in [2.45, 2.75) is 26.7 Å². The first kappa shape index (κ1) is 13.5. The summed E-state index contributed by atoms with van der Waals surface area (Å²) in [6.07, 6.45) is 3.87. The molecule has 0 aliphatic heterocycles. The number of nitrogens with zero attached hydrogens (tertiary/aromatic N) is 2.